The van der Waals surface area contributed by atoms with Crippen molar-refractivity contribution in [1.29, 1.82) is 0 Å². The predicted octanol–water partition coefficient (Wildman–Crippen LogP) is 8.72. The van der Waals surface area contributed by atoms with Crippen molar-refractivity contribution in [3.05, 3.63) is 114 Å². The molecule has 2 aromatic heterocycles. The van der Waals surface area contributed by atoms with E-state index in [0.29, 0.717) is 0 Å². The van der Waals surface area contributed by atoms with Crippen LogP contribution in [-0.4, -0.2) is 4.57 Å². The highest BCUT2D eigenvalue weighted by Crippen LogP contribution is 2.44. The lowest BCUT2D eigenvalue weighted by atomic mass is 10.1. The zero-order chi connectivity index (χ0) is 21.5. The maximum atomic E-state index is 2.46. The summed E-state index contributed by atoms with van der Waals surface area (Å²) in [4.78, 5) is 0. The number of rotatable bonds is 1. The summed E-state index contributed by atoms with van der Waals surface area (Å²) >= 11 is 1.89. The average molecular weight is 438 g/mol. The first-order valence-electron chi connectivity index (χ1n) is 11.4. The number of hydrogen-bond acceptors (Lipinski definition) is 1. The summed E-state index contributed by atoms with van der Waals surface area (Å²) in [6, 6.07) is 38.1. The second kappa shape index (κ2) is 6.34. The standard InChI is InChI=1S/C31H19NS/c1-2-8-22-19(7-1)17-20-18-21(13-14-23(20)22)32-26-11-5-3-9-24(26)30-27(32)15-16-29-31(30)25-10-4-6-12-28(25)33-29/h1-16,18H,17H2. The number of fused-ring (bicyclic) bond motifs is 10. The third-order valence-corrected chi connectivity index (χ3v) is 8.35. The minimum atomic E-state index is 1.01. The monoisotopic (exact) mass is 437 g/mol. The van der Waals surface area contributed by atoms with Gasteiger partial charge in [-0.2, -0.15) is 0 Å². The molecule has 0 N–H and O–H groups in total. The summed E-state index contributed by atoms with van der Waals surface area (Å²) in [5.74, 6) is 0. The molecule has 0 spiro atoms. The highest BCUT2D eigenvalue weighted by Gasteiger charge is 2.21. The van der Waals surface area contributed by atoms with Crippen molar-refractivity contribution in [1.82, 2.24) is 4.57 Å². The minimum Gasteiger partial charge on any atom is -0.309 e. The summed E-state index contributed by atoms with van der Waals surface area (Å²) in [5.41, 5.74) is 9.40. The molecule has 5 aromatic carbocycles. The van der Waals surface area contributed by atoms with Crippen molar-refractivity contribution in [3.8, 4) is 16.8 Å². The second-order valence-corrected chi connectivity index (χ2v) is 10.0. The number of thiophene rings is 1. The van der Waals surface area contributed by atoms with Gasteiger partial charge in [0.05, 0.1) is 11.0 Å². The van der Waals surface area contributed by atoms with E-state index in [-0.39, 0.29) is 0 Å². The van der Waals surface area contributed by atoms with Gasteiger partial charge in [-0.3, -0.25) is 0 Å². The van der Waals surface area contributed by atoms with Crippen LogP contribution in [0.25, 0.3) is 58.8 Å². The van der Waals surface area contributed by atoms with Crippen molar-refractivity contribution in [2.24, 2.45) is 0 Å². The quantitative estimate of drug-likeness (QED) is 0.242. The Morgan fingerprint density at radius 1 is 0.545 bits per heavy atom. The van der Waals surface area contributed by atoms with E-state index in [2.05, 4.69) is 108 Å². The fourth-order valence-corrected chi connectivity index (χ4v) is 6.94. The average Bonchev–Trinajstić information content (AvgIpc) is 3.52. The van der Waals surface area contributed by atoms with Crippen LogP contribution in [0.5, 0.6) is 0 Å². The molecule has 0 atom stereocenters. The normalized spacial score (nSPS) is 12.7. The van der Waals surface area contributed by atoms with Crippen LogP contribution in [0.3, 0.4) is 0 Å². The number of nitrogens with zero attached hydrogens (tertiary/aromatic N) is 1. The van der Waals surface area contributed by atoms with Crippen molar-refractivity contribution in [3.63, 3.8) is 0 Å². The number of aromatic nitrogens is 1. The van der Waals surface area contributed by atoms with Gasteiger partial charge in [-0.25, -0.2) is 0 Å². The van der Waals surface area contributed by atoms with E-state index in [4.69, 9.17) is 0 Å². The molecule has 0 saturated heterocycles. The van der Waals surface area contributed by atoms with Crippen LogP contribution in [0, 0.1) is 0 Å². The Morgan fingerprint density at radius 3 is 2.30 bits per heavy atom. The molecule has 33 heavy (non-hydrogen) atoms. The second-order valence-electron chi connectivity index (χ2n) is 8.96. The van der Waals surface area contributed by atoms with Crippen molar-refractivity contribution in [2.45, 2.75) is 6.42 Å². The predicted molar refractivity (Wildman–Crippen MR) is 142 cm³/mol. The van der Waals surface area contributed by atoms with Crippen LogP contribution in [0.15, 0.2) is 103 Å². The van der Waals surface area contributed by atoms with Gasteiger partial charge in [0, 0.05) is 36.6 Å². The Labute approximate surface area is 195 Å². The lowest BCUT2D eigenvalue weighted by Crippen LogP contribution is -1.95. The molecular weight excluding hydrogens is 418 g/mol. The zero-order valence-corrected chi connectivity index (χ0v) is 18.7. The molecule has 0 bridgehead atoms. The van der Waals surface area contributed by atoms with Gasteiger partial charge in [0.15, 0.2) is 0 Å². The van der Waals surface area contributed by atoms with Crippen LogP contribution in [0.2, 0.25) is 0 Å². The Kier molecular flexibility index (Phi) is 3.39. The van der Waals surface area contributed by atoms with Crippen LogP contribution in [0.1, 0.15) is 11.1 Å². The van der Waals surface area contributed by atoms with Gasteiger partial charge in [0.2, 0.25) is 0 Å². The molecule has 0 fully saturated rings. The van der Waals surface area contributed by atoms with Crippen LogP contribution < -0.4 is 0 Å². The number of benzene rings is 5. The summed E-state index contributed by atoms with van der Waals surface area (Å²) in [6.07, 6.45) is 1.01. The molecule has 1 aliphatic carbocycles. The number of hydrogen-bond donors (Lipinski definition) is 0. The van der Waals surface area contributed by atoms with E-state index >= 15 is 0 Å². The molecule has 7 aromatic rings. The lowest BCUT2D eigenvalue weighted by molar-refractivity contribution is 1.16. The van der Waals surface area contributed by atoms with Crippen LogP contribution in [0.4, 0.5) is 0 Å². The van der Waals surface area contributed by atoms with E-state index in [1.807, 2.05) is 11.3 Å². The molecule has 0 saturated carbocycles. The van der Waals surface area contributed by atoms with E-state index in [1.165, 1.54) is 69.9 Å². The fraction of sp³-hybridized carbons (Fsp3) is 0.0323. The van der Waals surface area contributed by atoms with Gasteiger partial charge in [-0.05, 0) is 65.1 Å². The molecule has 0 amide bonds. The first-order chi connectivity index (χ1) is 16.4. The van der Waals surface area contributed by atoms with E-state index < -0.39 is 0 Å². The third-order valence-electron chi connectivity index (χ3n) is 7.21. The van der Waals surface area contributed by atoms with Crippen LogP contribution >= 0.6 is 11.3 Å². The molecule has 0 unspecified atom stereocenters. The first-order valence-corrected chi connectivity index (χ1v) is 12.2. The van der Waals surface area contributed by atoms with Crippen molar-refractivity contribution in [2.75, 3.05) is 0 Å². The van der Waals surface area contributed by atoms with Crippen LogP contribution in [-0.2, 0) is 6.42 Å². The third kappa shape index (κ3) is 2.31. The lowest BCUT2D eigenvalue weighted by Gasteiger charge is -2.10. The maximum Gasteiger partial charge on any atom is 0.0548 e. The zero-order valence-electron chi connectivity index (χ0n) is 17.9. The van der Waals surface area contributed by atoms with Gasteiger partial charge in [-0.1, -0.05) is 66.7 Å². The van der Waals surface area contributed by atoms with Gasteiger partial charge in [0.1, 0.15) is 0 Å². The van der Waals surface area contributed by atoms with E-state index in [0.717, 1.165) is 6.42 Å². The maximum absolute atomic E-state index is 2.46. The Bertz CT molecular complexity index is 1900. The largest absolute Gasteiger partial charge is 0.309 e. The Hall–Kier alpha value is -3.88. The molecule has 154 valence electrons. The fourth-order valence-electron chi connectivity index (χ4n) is 5.82. The summed E-state index contributed by atoms with van der Waals surface area (Å²) in [7, 11) is 0. The number of para-hydroxylation sites is 1. The molecule has 1 nitrogen and oxygen atoms in total. The summed E-state index contributed by atoms with van der Waals surface area (Å²) in [6.45, 7) is 0. The molecule has 0 aliphatic heterocycles. The topological polar surface area (TPSA) is 4.93 Å². The SMILES string of the molecule is c1ccc2c(c1)Cc1cc(-n3c4ccccc4c4c5c(ccc43)sc3ccccc35)ccc1-2. The molecule has 1 aliphatic rings. The van der Waals surface area contributed by atoms with Gasteiger partial charge in [-0.15, -0.1) is 11.3 Å². The summed E-state index contributed by atoms with van der Waals surface area (Å²) < 4.78 is 5.17. The van der Waals surface area contributed by atoms with E-state index in [1.54, 1.807) is 0 Å². The first kappa shape index (κ1) is 17.6. The Morgan fingerprint density at radius 2 is 1.33 bits per heavy atom. The highest BCUT2D eigenvalue weighted by molar-refractivity contribution is 7.26. The Balaban J connectivity index is 1.48. The molecule has 2 heterocycles. The minimum absolute atomic E-state index is 1.01. The van der Waals surface area contributed by atoms with Gasteiger partial charge >= 0.3 is 0 Å². The molecule has 8 rings (SSSR count). The van der Waals surface area contributed by atoms with Crippen molar-refractivity contribution < 1.29 is 0 Å². The summed E-state index contributed by atoms with van der Waals surface area (Å²) in [5, 5.41) is 5.43. The molecule has 0 radical (unpaired) electrons. The molecular formula is C31H19NS. The molecule has 2 heteroatoms. The van der Waals surface area contributed by atoms with Gasteiger partial charge in [0.25, 0.3) is 0 Å². The smallest absolute Gasteiger partial charge is 0.0548 e. The van der Waals surface area contributed by atoms with E-state index in [9.17, 15) is 0 Å². The van der Waals surface area contributed by atoms with Crippen molar-refractivity contribution >= 4 is 53.3 Å². The highest BCUT2D eigenvalue weighted by atomic mass is 32.1. The van der Waals surface area contributed by atoms with Gasteiger partial charge < -0.3 is 4.57 Å².